The minimum absolute atomic E-state index is 0.273. The molecule has 2 aromatic heterocycles. The van der Waals surface area contributed by atoms with Gasteiger partial charge in [0.25, 0.3) is 0 Å². The van der Waals surface area contributed by atoms with Gasteiger partial charge < -0.3 is 20.3 Å². The van der Waals surface area contributed by atoms with Crippen LogP contribution in [0.2, 0.25) is 0 Å². The average Bonchev–Trinajstić information content (AvgIpc) is 2.58. The zero-order valence-corrected chi connectivity index (χ0v) is 15.4. The number of ether oxygens (including phenoxy) is 1. The summed E-state index contributed by atoms with van der Waals surface area (Å²) in [6.45, 7) is 0.704. The molecule has 0 unspecified atom stereocenters. The molecular weight excluding hydrogens is 374 g/mol. The summed E-state index contributed by atoms with van der Waals surface area (Å²) >= 11 is 3.36. The second-order valence-electron chi connectivity index (χ2n) is 5.24. The Bertz CT molecular complexity index is 709. The van der Waals surface area contributed by atoms with Gasteiger partial charge in [0.1, 0.15) is 5.82 Å². The van der Waals surface area contributed by atoms with E-state index in [1.54, 1.807) is 19.5 Å². The standard InChI is InChI=1S/C16H20BrN5O2/c1-22(2)14-11(5-4-6-18-14)8-20-16(23)21-9-12-7-13(17)10-19-15(12)24-3/h4-7,10H,8-9H2,1-3H3,(H2,20,21,23). The minimum Gasteiger partial charge on any atom is -0.481 e. The predicted molar refractivity (Wildman–Crippen MR) is 96.1 cm³/mol. The summed E-state index contributed by atoms with van der Waals surface area (Å²) in [7, 11) is 5.38. The van der Waals surface area contributed by atoms with Crippen LogP contribution in [0.15, 0.2) is 35.1 Å². The summed E-state index contributed by atoms with van der Waals surface area (Å²) in [6.07, 6.45) is 3.37. The zero-order chi connectivity index (χ0) is 17.5. The molecule has 0 bridgehead atoms. The number of pyridine rings is 2. The SMILES string of the molecule is COc1ncc(Br)cc1CNC(=O)NCc1cccnc1N(C)C. The molecule has 0 aliphatic heterocycles. The molecule has 24 heavy (non-hydrogen) atoms. The minimum atomic E-state index is -0.273. The average molecular weight is 394 g/mol. The predicted octanol–water partition coefficient (Wildman–Crippen LogP) is 2.31. The number of methoxy groups -OCH3 is 1. The molecule has 2 rings (SSSR count). The fraction of sp³-hybridized carbons (Fsp3) is 0.312. The van der Waals surface area contributed by atoms with Crippen LogP contribution < -0.4 is 20.3 Å². The summed E-state index contributed by atoms with van der Waals surface area (Å²) in [6, 6.07) is 5.37. The molecule has 128 valence electrons. The van der Waals surface area contributed by atoms with Crippen LogP contribution in [-0.2, 0) is 13.1 Å². The Morgan fingerprint density at radius 2 is 1.96 bits per heavy atom. The van der Waals surface area contributed by atoms with Gasteiger partial charge in [0.05, 0.1) is 7.11 Å². The van der Waals surface area contributed by atoms with Crippen LogP contribution >= 0.6 is 15.9 Å². The number of anilines is 1. The molecule has 2 heterocycles. The lowest BCUT2D eigenvalue weighted by Gasteiger charge is -2.16. The third kappa shape index (κ3) is 4.82. The highest BCUT2D eigenvalue weighted by Crippen LogP contribution is 2.19. The number of urea groups is 1. The van der Waals surface area contributed by atoms with Gasteiger partial charge in [-0.15, -0.1) is 0 Å². The van der Waals surface area contributed by atoms with Crippen molar-refractivity contribution in [2.45, 2.75) is 13.1 Å². The lowest BCUT2D eigenvalue weighted by atomic mass is 10.2. The lowest BCUT2D eigenvalue weighted by molar-refractivity contribution is 0.240. The number of carbonyl (C=O) groups excluding carboxylic acids is 1. The third-order valence-corrected chi connectivity index (χ3v) is 3.69. The maximum atomic E-state index is 12.0. The van der Waals surface area contributed by atoms with E-state index in [9.17, 15) is 4.79 Å². The van der Waals surface area contributed by atoms with Crippen LogP contribution in [0.25, 0.3) is 0 Å². The first-order valence-electron chi connectivity index (χ1n) is 7.32. The number of carbonyl (C=O) groups is 1. The first-order valence-corrected chi connectivity index (χ1v) is 8.12. The number of hydrogen-bond donors (Lipinski definition) is 2. The van der Waals surface area contributed by atoms with Crippen LogP contribution in [0, 0.1) is 0 Å². The van der Waals surface area contributed by atoms with Crippen molar-refractivity contribution in [3.05, 3.63) is 46.2 Å². The highest BCUT2D eigenvalue weighted by atomic mass is 79.9. The smallest absolute Gasteiger partial charge is 0.315 e. The van der Waals surface area contributed by atoms with Gasteiger partial charge >= 0.3 is 6.03 Å². The van der Waals surface area contributed by atoms with Crippen molar-refractivity contribution in [3.8, 4) is 5.88 Å². The Kier molecular flexibility index (Phi) is 6.36. The summed E-state index contributed by atoms with van der Waals surface area (Å²) in [5.74, 6) is 1.32. The highest BCUT2D eigenvalue weighted by molar-refractivity contribution is 9.10. The van der Waals surface area contributed by atoms with Crippen LogP contribution in [0.4, 0.5) is 10.6 Å². The van der Waals surface area contributed by atoms with Crippen molar-refractivity contribution >= 4 is 27.8 Å². The maximum Gasteiger partial charge on any atom is 0.315 e. The van der Waals surface area contributed by atoms with Crippen molar-refractivity contribution < 1.29 is 9.53 Å². The first-order chi connectivity index (χ1) is 11.5. The summed E-state index contributed by atoms with van der Waals surface area (Å²) in [5.41, 5.74) is 1.73. The second-order valence-corrected chi connectivity index (χ2v) is 6.15. The topological polar surface area (TPSA) is 79.4 Å². The van der Waals surface area contributed by atoms with Gasteiger partial charge in [-0.25, -0.2) is 14.8 Å². The van der Waals surface area contributed by atoms with Crippen molar-refractivity contribution in [2.75, 3.05) is 26.1 Å². The molecule has 0 aromatic carbocycles. The molecular formula is C16H20BrN5O2. The van der Waals surface area contributed by atoms with E-state index >= 15 is 0 Å². The van der Waals surface area contributed by atoms with Crippen LogP contribution in [0.1, 0.15) is 11.1 Å². The highest BCUT2D eigenvalue weighted by Gasteiger charge is 2.09. The normalized spacial score (nSPS) is 10.2. The second kappa shape index (κ2) is 8.49. The number of halogens is 1. The number of nitrogens with zero attached hydrogens (tertiary/aromatic N) is 3. The Hall–Kier alpha value is -2.35. The van der Waals surface area contributed by atoms with E-state index in [0.717, 1.165) is 21.4 Å². The van der Waals surface area contributed by atoms with Crippen molar-refractivity contribution in [3.63, 3.8) is 0 Å². The van der Waals surface area contributed by atoms with Crippen LogP contribution in [0.5, 0.6) is 5.88 Å². The number of hydrogen-bond acceptors (Lipinski definition) is 5. The Balaban J connectivity index is 1.92. The van der Waals surface area contributed by atoms with E-state index in [2.05, 4.69) is 36.5 Å². The molecule has 8 heteroatoms. The molecule has 0 atom stereocenters. The van der Waals surface area contributed by atoms with Gasteiger partial charge in [-0.05, 0) is 28.1 Å². The molecule has 2 aromatic rings. The summed E-state index contributed by atoms with van der Waals surface area (Å²) < 4.78 is 6.01. The molecule has 0 fully saturated rings. The van der Waals surface area contributed by atoms with E-state index in [-0.39, 0.29) is 6.03 Å². The van der Waals surface area contributed by atoms with E-state index in [0.29, 0.717) is 19.0 Å². The molecule has 0 aliphatic rings. The number of nitrogens with one attached hydrogen (secondary N) is 2. The summed E-state index contributed by atoms with van der Waals surface area (Å²) in [4.78, 5) is 22.4. The maximum absolute atomic E-state index is 12.0. The molecule has 0 radical (unpaired) electrons. The molecule has 2 amide bonds. The van der Waals surface area contributed by atoms with Crippen LogP contribution in [0.3, 0.4) is 0 Å². The molecule has 2 N–H and O–H groups in total. The van der Waals surface area contributed by atoms with Gasteiger partial charge in [-0.1, -0.05) is 6.07 Å². The fourth-order valence-electron chi connectivity index (χ4n) is 2.16. The molecule has 0 saturated carbocycles. The van der Waals surface area contributed by atoms with E-state index in [4.69, 9.17) is 4.74 Å². The fourth-order valence-corrected chi connectivity index (χ4v) is 2.54. The zero-order valence-electron chi connectivity index (χ0n) is 13.8. The van der Waals surface area contributed by atoms with Gasteiger partial charge in [0.15, 0.2) is 0 Å². The largest absolute Gasteiger partial charge is 0.481 e. The van der Waals surface area contributed by atoms with Gasteiger partial charge in [-0.2, -0.15) is 0 Å². The van der Waals surface area contributed by atoms with Crippen molar-refractivity contribution in [1.82, 2.24) is 20.6 Å². The first kappa shape index (κ1) is 18.0. The van der Waals surface area contributed by atoms with Crippen LogP contribution in [-0.4, -0.2) is 37.2 Å². The van der Waals surface area contributed by atoms with Gasteiger partial charge in [-0.3, -0.25) is 0 Å². The molecule has 7 nitrogen and oxygen atoms in total. The summed E-state index contributed by atoms with van der Waals surface area (Å²) in [5, 5.41) is 5.62. The molecule has 0 spiro atoms. The van der Waals surface area contributed by atoms with E-state index < -0.39 is 0 Å². The lowest BCUT2D eigenvalue weighted by Crippen LogP contribution is -2.35. The van der Waals surface area contributed by atoms with Crippen molar-refractivity contribution in [1.29, 1.82) is 0 Å². The van der Waals surface area contributed by atoms with Gasteiger partial charge in [0.2, 0.25) is 5.88 Å². The number of amides is 2. The number of aromatic nitrogens is 2. The third-order valence-electron chi connectivity index (χ3n) is 3.26. The Morgan fingerprint density at radius 1 is 1.25 bits per heavy atom. The Morgan fingerprint density at radius 3 is 2.62 bits per heavy atom. The quantitative estimate of drug-likeness (QED) is 0.786. The molecule has 0 saturated heterocycles. The van der Waals surface area contributed by atoms with Gasteiger partial charge in [0, 0.05) is 55.2 Å². The van der Waals surface area contributed by atoms with E-state index in [1.165, 1.54) is 0 Å². The van der Waals surface area contributed by atoms with E-state index in [1.807, 2.05) is 37.2 Å². The molecule has 0 aliphatic carbocycles. The Labute approximate surface area is 149 Å². The number of rotatable bonds is 6. The van der Waals surface area contributed by atoms with Crippen molar-refractivity contribution in [2.24, 2.45) is 0 Å². The monoisotopic (exact) mass is 393 g/mol.